The third kappa shape index (κ3) is 3.74. The van der Waals surface area contributed by atoms with Gasteiger partial charge in [-0.1, -0.05) is 18.2 Å². The van der Waals surface area contributed by atoms with Crippen LogP contribution in [0.1, 0.15) is 41.1 Å². The number of aliphatic hydroxyl groups excluding tert-OH is 1. The van der Waals surface area contributed by atoms with Crippen LogP contribution in [0.25, 0.3) is 11.0 Å². The Morgan fingerprint density at radius 2 is 1.70 bits per heavy atom. The zero-order valence-corrected chi connectivity index (χ0v) is 17.3. The number of ether oxygens (including phenoxy) is 3. The van der Waals surface area contributed by atoms with Crippen molar-refractivity contribution >= 4 is 16.8 Å². The molecule has 1 aliphatic carbocycles. The van der Waals surface area contributed by atoms with Gasteiger partial charge in [0.25, 0.3) is 0 Å². The fourth-order valence-corrected chi connectivity index (χ4v) is 3.90. The first kappa shape index (κ1) is 20.6. The van der Waals surface area contributed by atoms with Crippen molar-refractivity contribution in [1.29, 1.82) is 0 Å². The Bertz CT molecular complexity index is 1050. The maximum Gasteiger partial charge on any atom is 0.197 e. The number of furan rings is 1. The molecule has 0 radical (unpaired) electrons. The number of hydrogen-bond donors (Lipinski definition) is 1. The zero-order chi connectivity index (χ0) is 21.1. The minimum absolute atomic E-state index is 0.00974. The molecule has 1 aromatic heterocycles. The molecule has 0 spiro atoms. The Labute approximate surface area is 175 Å². The Morgan fingerprint density at radius 1 is 0.967 bits per heavy atom. The molecule has 4 rings (SSSR count). The van der Waals surface area contributed by atoms with E-state index < -0.39 is 5.41 Å². The van der Waals surface area contributed by atoms with Crippen LogP contribution in [-0.2, 0) is 14.9 Å². The summed E-state index contributed by atoms with van der Waals surface area (Å²) < 4.78 is 22.5. The van der Waals surface area contributed by atoms with Crippen molar-refractivity contribution in [1.82, 2.24) is 0 Å². The Hall–Kier alpha value is -2.67. The molecular weight excluding hydrogens is 384 g/mol. The van der Waals surface area contributed by atoms with Crippen LogP contribution in [0.5, 0.6) is 5.75 Å². The average Bonchev–Trinajstić information content (AvgIpc) is 3.15. The normalized spacial score (nSPS) is 14.6. The summed E-state index contributed by atoms with van der Waals surface area (Å²) in [6.07, 6.45) is 0. The van der Waals surface area contributed by atoms with Crippen LogP contribution < -0.4 is 4.74 Å². The van der Waals surface area contributed by atoms with Crippen molar-refractivity contribution in [2.24, 2.45) is 0 Å². The molecule has 1 aliphatic rings. The predicted octanol–water partition coefficient (Wildman–Crippen LogP) is 3.71. The highest BCUT2D eigenvalue weighted by Crippen LogP contribution is 2.46. The average molecular weight is 410 g/mol. The van der Waals surface area contributed by atoms with Crippen LogP contribution in [0, 0.1) is 0 Å². The lowest BCUT2D eigenvalue weighted by Gasteiger charge is -2.30. The Kier molecular flexibility index (Phi) is 5.90. The fourth-order valence-electron chi connectivity index (χ4n) is 3.90. The zero-order valence-electron chi connectivity index (χ0n) is 17.3. The molecule has 0 aliphatic heterocycles. The molecule has 1 heterocycles. The first-order chi connectivity index (χ1) is 14.5. The van der Waals surface area contributed by atoms with Gasteiger partial charge in [0.15, 0.2) is 5.78 Å². The molecule has 6 nitrogen and oxygen atoms in total. The minimum atomic E-state index is -0.461. The highest BCUT2D eigenvalue weighted by molar-refractivity contribution is 6.19. The first-order valence-corrected chi connectivity index (χ1v) is 10.1. The monoisotopic (exact) mass is 410 g/mol. The van der Waals surface area contributed by atoms with Crippen molar-refractivity contribution in [3.05, 3.63) is 64.9 Å². The van der Waals surface area contributed by atoms with E-state index in [0.29, 0.717) is 55.7 Å². The predicted molar refractivity (Wildman–Crippen MR) is 112 cm³/mol. The van der Waals surface area contributed by atoms with Gasteiger partial charge in [-0.25, -0.2) is 0 Å². The van der Waals surface area contributed by atoms with E-state index >= 15 is 0 Å². The van der Waals surface area contributed by atoms with Crippen LogP contribution in [0.3, 0.4) is 0 Å². The topological polar surface area (TPSA) is 78.1 Å². The fraction of sp³-hybridized carbons (Fsp3) is 0.375. The lowest BCUT2D eigenvalue weighted by Crippen LogP contribution is -2.29. The molecule has 0 atom stereocenters. The van der Waals surface area contributed by atoms with Gasteiger partial charge < -0.3 is 23.7 Å². The molecule has 0 unspecified atom stereocenters. The van der Waals surface area contributed by atoms with Crippen molar-refractivity contribution in [3.63, 3.8) is 0 Å². The SMILES string of the molecule is CC1(C)c2cc(OCCOCCOCCO)ccc2C(=O)c2c1oc1ccccc21. The van der Waals surface area contributed by atoms with E-state index in [2.05, 4.69) is 13.8 Å². The van der Waals surface area contributed by atoms with Crippen molar-refractivity contribution in [2.45, 2.75) is 19.3 Å². The Balaban J connectivity index is 1.48. The number of hydrogen-bond acceptors (Lipinski definition) is 6. The van der Waals surface area contributed by atoms with Crippen molar-refractivity contribution in [2.75, 3.05) is 39.6 Å². The summed E-state index contributed by atoms with van der Waals surface area (Å²) in [5.74, 6) is 1.38. The third-order valence-corrected chi connectivity index (χ3v) is 5.40. The summed E-state index contributed by atoms with van der Waals surface area (Å²) in [5, 5.41) is 9.51. The number of carbonyl (C=O) groups excluding carboxylic acids is 1. The van der Waals surface area contributed by atoms with Crippen molar-refractivity contribution < 1.29 is 28.5 Å². The van der Waals surface area contributed by atoms with E-state index in [1.165, 1.54) is 0 Å². The number of benzene rings is 2. The number of para-hydroxylation sites is 1. The largest absolute Gasteiger partial charge is 0.491 e. The second-order valence-corrected chi connectivity index (χ2v) is 7.76. The van der Waals surface area contributed by atoms with Gasteiger partial charge in [0, 0.05) is 16.4 Å². The second-order valence-electron chi connectivity index (χ2n) is 7.76. The highest BCUT2D eigenvalue weighted by Gasteiger charge is 2.41. The standard InChI is InChI=1S/C24H26O6/c1-24(2)19-15-16(29-14-13-28-12-11-27-10-9-25)7-8-17(19)22(26)21-18-5-3-4-6-20(18)30-23(21)24/h3-8,15,25H,9-14H2,1-2H3. The van der Waals surface area contributed by atoms with E-state index in [1.807, 2.05) is 42.5 Å². The number of fused-ring (bicyclic) bond motifs is 4. The summed E-state index contributed by atoms with van der Waals surface area (Å²) in [4.78, 5) is 13.2. The molecule has 158 valence electrons. The van der Waals surface area contributed by atoms with Gasteiger partial charge in [0.05, 0.1) is 38.6 Å². The maximum atomic E-state index is 13.2. The number of carbonyl (C=O) groups is 1. The molecule has 6 heteroatoms. The molecule has 1 N–H and O–H groups in total. The summed E-state index contributed by atoms with van der Waals surface area (Å²) in [7, 11) is 0. The van der Waals surface area contributed by atoms with E-state index in [4.69, 9.17) is 23.7 Å². The van der Waals surface area contributed by atoms with Crippen LogP contribution >= 0.6 is 0 Å². The third-order valence-electron chi connectivity index (χ3n) is 5.40. The molecule has 0 saturated carbocycles. The number of rotatable bonds is 9. The molecule has 0 amide bonds. The Morgan fingerprint density at radius 3 is 2.50 bits per heavy atom. The van der Waals surface area contributed by atoms with E-state index in [0.717, 1.165) is 16.5 Å². The molecule has 2 aromatic carbocycles. The van der Waals surface area contributed by atoms with Gasteiger partial charge in [-0.15, -0.1) is 0 Å². The second kappa shape index (κ2) is 8.60. The molecular formula is C24H26O6. The van der Waals surface area contributed by atoms with E-state index in [-0.39, 0.29) is 12.4 Å². The molecule has 0 saturated heterocycles. The van der Waals surface area contributed by atoms with Crippen molar-refractivity contribution in [3.8, 4) is 5.75 Å². The first-order valence-electron chi connectivity index (χ1n) is 10.1. The molecule has 0 bridgehead atoms. The molecule has 30 heavy (non-hydrogen) atoms. The van der Waals surface area contributed by atoms with Gasteiger partial charge in [-0.2, -0.15) is 0 Å². The van der Waals surface area contributed by atoms with Gasteiger partial charge in [-0.05, 0) is 43.7 Å². The van der Waals surface area contributed by atoms with Crippen LogP contribution in [0.4, 0.5) is 0 Å². The summed E-state index contributed by atoms with van der Waals surface area (Å²) in [6.45, 7) is 6.17. The number of aliphatic hydroxyl groups is 1. The summed E-state index contributed by atoms with van der Waals surface area (Å²) >= 11 is 0. The van der Waals surface area contributed by atoms with Gasteiger partial charge in [0.2, 0.25) is 0 Å². The van der Waals surface area contributed by atoms with Gasteiger partial charge in [-0.3, -0.25) is 4.79 Å². The number of ketones is 1. The summed E-state index contributed by atoms with van der Waals surface area (Å²) in [5.41, 5.74) is 2.51. The van der Waals surface area contributed by atoms with Gasteiger partial charge in [0.1, 0.15) is 23.7 Å². The van der Waals surface area contributed by atoms with Gasteiger partial charge >= 0.3 is 0 Å². The van der Waals surface area contributed by atoms with Crippen LogP contribution in [0.15, 0.2) is 46.9 Å². The van der Waals surface area contributed by atoms with Crippen LogP contribution in [-0.4, -0.2) is 50.5 Å². The minimum Gasteiger partial charge on any atom is -0.491 e. The van der Waals surface area contributed by atoms with Crippen LogP contribution in [0.2, 0.25) is 0 Å². The lowest BCUT2D eigenvalue weighted by atomic mass is 9.72. The van der Waals surface area contributed by atoms with E-state index in [9.17, 15) is 4.79 Å². The van der Waals surface area contributed by atoms with E-state index in [1.54, 1.807) is 0 Å². The smallest absolute Gasteiger partial charge is 0.197 e. The maximum absolute atomic E-state index is 13.2. The molecule has 0 fully saturated rings. The molecule has 3 aromatic rings. The lowest BCUT2D eigenvalue weighted by molar-refractivity contribution is 0.0247. The quantitative estimate of drug-likeness (QED) is 0.542. The highest BCUT2D eigenvalue weighted by atomic mass is 16.5. The summed E-state index contributed by atoms with van der Waals surface area (Å²) in [6, 6.07) is 13.2.